The number of aliphatic hydroxyl groups is 1. The largest absolute Gasteiger partial charge is 0.381 e. The quantitative estimate of drug-likeness (QED) is 0.764. The molecule has 0 saturated carbocycles. The molecule has 23 heavy (non-hydrogen) atoms. The Balaban J connectivity index is 2.29. The fourth-order valence-electron chi connectivity index (χ4n) is 3.65. The molecule has 1 unspecified atom stereocenters. The fraction of sp³-hybridized carbons (Fsp3) is 0.765. The van der Waals surface area contributed by atoms with Crippen LogP contribution in [0.2, 0.25) is 0 Å². The van der Waals surface area contributed by atoms with Crippen molar-refractivity contribution < 1.29 is 14.7 Å². The third-order valence-electron chi connectivity index (χ3n) is 4.91. The van der Waals surface area contributed by atoms with Gasteiger partial charge >= 0.3 is 0 Å². The highest BCUT2D eigenvalue weighted by Gasteiger charge is 2.54. The minimum Gasteiger partial charge on any atom is -0.381 e. The lowest BCUT2D eigenvalue weighted by Crippen LogP contribution is -2.68. The predicted octanol–water partition coefficient (Wildman–Crippen LogP) is 0.467. The smallest absolute Gasteiger partial charge is 0.254 e. The van der Waals surface area contributed by atoms with E-state index in [1.807, 2.05) is 18.7 Å². The highest BCUT2D eigenvalue weighted by molar-refractivity contribution is 5.91. The second-order valence-corrected chi connectivity index (χ2v) is 7.39. The number of rotatable bonds is 4. The molecule has 1 spiro atoms. The molecule has 0 aromatic carbocycles. The van der Waals surface area contributed by atoms with E-state index < -0.39 is 11.1 Å². The van der Waals surface area contributed by atoms with Crippen LogP contribution >= 0.6 is 0 Å². The second-order valence-electron chi connectivity index (χ2n) is 7.39. The topological polar surface area (TPSA) is 64.1 Å². The van der Waals surface area contributed by atoms with Crippen LogP contribution in [-0.2, 0) is 9.59 Å². The first-order chi connectivity index (χ1) is 10.6. The molecular formula is C17H29N3O3. The van der Waals surface area contributed by atoms with Gasteiger partial charge in [-0.2, -0.15) is 0 Å². The second kappa shape index (κ2) is 6.24. The zero-order valence-electron chi connectivity index (χ0n) is 14.7. The van der Waals surface area contributed by atoms with Crippen LogP contribution in [0.15, 0.2) is 12.7 Å². The van der Waals surface area contributed by atoms with Gasteiger partial charge in [-0.05, 0) is 34.1 Å². The molecule has 1 N–H and O–H groups in total. The van der Waals surface area contributed by atoms with Crippen LogP contribution in [0.5, 0.6) is 0 Å². The number of hydrogen-bond donors (Lipinski definition) is 1. The van der Waals surface area contributed by atoms with Crippen molar-refractivity contribution in [2.45, 2.75) is 51.3 Å². The van der Waals surface area contributed by atoms with Crippen LogP contribution in [0.4, 0.5) is 0 Å². The molecule has 2 aliphatic rings. The van der Waals surface area contributed by atoms with Gasteiger partial charge in [-0.3, -0.25) is 14.5 Å². The Kier molecular flexibility index (Phi) is 4.87. The van der Waals surface area contributed by atoms with E-state index in [1.54, 1.807) is 11.0 Å². The average Bonchev–Trinajstić information content (AvgIpc) is 2.88. The number of piperazine rings is 1. The maximum atomic E-state index is 13.1. The van der Waals surface area contributed by atoms with Gasteiger partial charge in [0.25, 0.3) is 5.91 Å². The lowest BCUT2D eigenvalue weighted by Gasteiger charge is -2.48. The summed E-state index contributed by atoms with van der Waals surface area (Å²) in [6.07, 6.45) is 2.41. The summed E-state index contributed by atoms with van der Waals surface area (Å²) in [5, 5.41) is 9.99. The molecule has 2 saturated heterocycles. The van der Waals surface area contributed by atoms with Gasteiger partial charge < -0.3 is 14.9 Å². The molecule has 2 rings (SSSR count). The zero-order chi connectivity index (χ0) is 17.4. The summed E-state index contributed by atoms with van der Waals surface area (Å²) in [5.74, 6) is -0.228. The van der Waals surface area contributed by atoms with Crippen molar-refractivity contribution in [1.29, 1.82) is 0 Å². The van der Waals surface area contributed by atoms with E-state index in [2.05, 4.69) is 11.5 Å². The summed E-state index contributed by atoms with van der Waals surface area (Å²) in [4.78, 5) is 31.2. The van der Waals surface area contributed by atoms with Crippen LogP contribution < -0.4 is 0 Å². The maximum absolute atomic E-state index is 13.1. The standard InChI is InChI=1S/C17H29N3O3/c1-6-8-19-10-11-20(13(2)3)15(22)17(19)7-9-18(12-17)14(21)16(4,5)23/h6,13,23H,1,7-12H2,2-5H3. The molecule has 2 aliphatic heterocycles. The number of carbonyl (C=O) groups is 2. The molecule has 0 aromatic heterocycles. The summed E-state index contributed by atoms with van der Waals surface area (Å²) in [6, 6.07) is 0.143. The Morgan fingerprint density at radius 2 is 2.04 bits per heavy atom. The summed E-state index contributed by atoms with van der Waals surface area (Å²) >= 11 is 0. The van der Waals surface area contributed by atoms with E-state index in [1.165, 1.54) is 13.8 Å². The Labute approximate surface area is 138 Å². The first-order valence-corrected chi connectivity index (χ1v) is 8.32. The van der Waals surface area contributed by atoms with Gasteiger partial charge in [-0.15, -0.1) is 6.58 Å². The van der Waals surface area contributed by atoms with Crippen molar-refractivity contribution in [2.75, 3.05) is 32.7 Å². The van der Waals surface area contributed by atoms with E-state index in [4.69, 9.17) is 0 Å². The number of amides is 2. The zero-order valence-corrected chi connectivity index (χ0v) is 14.7. The van der Waals surface area contributed by atoms with Gasteiger partial charge in [0, 0.05) is 38.8 Å². The molecule has 0 aromatic rings. The van der Waals surface area contributed by atoms with Crippen molar-refractivity contribution in [3.63, 3.8) is 0 Å². The van der Waals surface area contributed by atoms with Crippen LogP contribution in [0.1, 0.15) is 34.1 Å². The first kappa shape index (κ1) is 17.9. The molecule has 2 fully saturated rings. The summed E-state index contributed by atoms with van der Waals surface area (Å²) in [7, 11) is 0. The van der Waals surface area contributed by atoms with Crippen molar-refractivity contribution in [2.24, 2.45) is 0 Å². The molecular weight excluding hydrogens is 294 g/mol. The first-order valence-electron chi connectivity index (χ1n) is 8.32. The third-order valence-corrected chi connectivity index (χ3v) is 4.91. The van der Waals surface area contributed by atoms with E-state index in [0.717, 1.165) is 6.54 Å². The van der Waals surface area contributed by atoms with Crippen LogP contribution in [0.3, 0.4) is 0 Å². The average molecular weight is 323 g/mol. The van der Waals surface area contributed by atoms with Gasteiger partial charge in [0.1, 0.15) is 11.1 Å². The monoisotopic (exact) mass is 323 g/mol. The summed E-state index contributed by atoms with van der Waals surface area (Å²) in [5.41, 5.74) is -2.10. The van der Waals surface area contributed by atoms with Gasteiger partial charge in [0.15, 0.2) is 0 Å². The van der Waals surface area contributed by atoms with Crippen molar-refractivity contribution in [3.05, 3.63) is 12.7 Å². The van der Waals surface area contributed by atoms with E-state index in [-0.39, 0.29) is 17.9 Å². The molecule has 2 heterocycles. The van der Waals surface area contributed by atoms with Gasteiger partial charge in [-0.1, -0.05) is 6.08 Å². The SMILES string of the molecule is C=CCN1CCN(C(C)C)C(=O)C12CCN(C(=O)C(C)(C)O)C2. The molecule has 130 valence electrons. The highest BCUT2D eigenvalue weighted by atomic mass is 16.3. The molecule has 2 amide bonds. The predicted molar refractivity (Wildman–Crippen MR) is 88.8 cm³/mol. The van der Waals surface area contributed by atoms with Gasteiger partial charge in [-0.25, -0.2) is 0 Å². The summed E-state index contributed by atoms with van der Waals surface area (Å²) < 4.78 is 0. The fourth-order valence-corrected chi connectivity index (χ4v) is 3.65. The Morgan fingerprint density at radius 3 is 2.57 bits per heavy atom. The number of carbonyl (C=O) groups excluding carboxylic acids is 2. The minimum absolute atomic E-state index is 0.0895. The van der Waals surface area contributed by atoms with Crippen LogP contribution in [-0.4, -0.2) is 81.5 Å². The number of hydrogen-bond acceptors (Lipinski definition) is 4. The Morgan fingerprint density at radius 1 is 1.39 bits per heavy atom. The molecule has 0 bridgehead atoms. The van der Waals surface area contributed by atoms with E-state index >= 15 is 0 Å². The van der Waals surface area contributed by atoms with Gasteiger partial charge in [0.05, 0.1) is 0 Å². The normalized spacial score (nSPS) is 26.4. The Bertz CT molecular complexity index is 498. The van der Waals surface area contributed by atoms with Crippen molar-refractivity contribution in [3.8, 4) is 0 Å². The number of likely N-dealkylation sites (tertiary alicyclic amines) is 1. The summed E-state index contributed by atoms with van der Waals surface area (Å²) in [6.45, 7) is 13.8. The van der Waals surface area contributed by atoms with E-state index in [9.17, 15) is 14.7 Å². The number of nitrogens with zero attached hydrogens (tertiary/aromatic N) is 3. The van der Waals surface area contributed by atoms with Gasteiger partial charge in [0.2, 0.25) is 5.91 Å². The van der Waals surface area contributed by atoms with E-state index in [0.29, 0.717) is 32.6 Å². The third kappa shape index (κ3) is 3.15. The lowest BCUT2D eigenvalue weighted by atomic mass is 9.90. The molecule has 1 atom stereocenters. The van der Waals surface area contributed by atoms with Crippen LogP contribution in [0.25, 0.3) is 0 Å². The Hall–Kier alpha value is -1.40. The molecule has 6 heteroatoms. The van der Waals surface area contributed by atoms with Crippen molar-refractivity contribution in [1.82, 2.24) is 14.7 Å². The minimum atomic E-state index is -1.41. The lowest BCUT2D eigenvalue weighted by molar-refractivity contribution is -0.154. The molecule has 0 aliphatic carbocycles. The maximum Gasteiger partial charge on any atom is 0.254 e. The van der Waals surface area contributed by atoms with Crippen molar-refractivity contribution >= 4 is 11.8 Å². The van der Waals surface area contributed by atoms with Crippen LogP contribution in [0, 0.1) is 0 Å². The molecule has 6 nitrogen and oxygen atoms in total. The highest BCUT2D eigenvalue weighted by Crippen LogP contribution is 2.34. The molecule has 0 radical (unpaired) electrons.